The lowest BCUT2D eigenvalue weighted by molar-refractivity contribution is -0.136. The molecule has 4 rings (SSSR count). The number of rotatable bonds is 5. The SMILES string of the molecule is COC(=O)C1=C(C)N(C[C@H]2CCCO2)C(=O)/C1=C\c1cc(C)n(-c2cccc(Cl)c2)c1C. The van der Waals surface area contributed by atoms with Crippen LogP contribution in [0.4, 0.5) is 0 Å². The van der Waals surface area contributed by atoms with Gasteiger partial charge in [0, 0.05) is 34.4 Å². The summed E-state index contributed by atoms with van der Waals surface area (Å²) in [6.45, 7) is 6.91. The van der Waals surface area contributed by atoms with E-state index in [1.807, 2.05) is 44.2 Å². The lowest BCUT2D eigenvalue weighted by Gasteiger charge is -2.21. The summed E-state index contributed by atoms with van der Waals surface area (Å²) < 4.78 is 12.8. The first-order valence-corrected chi connectivity index (χ1v) is 11.1. The van der Waals surface area contributed by atoms with Crippen LogP contribution in [0.15, 0.2) is 47.2 Å². The van der Waals surface area contributed by atoms with Crippen molar-refractivity contribution in [3.05, 3.63) is 69.1 Å². The molecule has 1 amide bonds. The number of hydrogen-bond donors (Lipinski definition) is 0. The molecule has 6 nitrogen and oxygen atoms in total. The van der Waals surface area contributed by atoms with Crippen molar-refractivity contribution in [1.82, 2.24) is 9.47 Å². The van der Waals surface area contributed by atoms with Crippen LogP contribution in [-0.4, -0.2) is 47.7 Å². The minimum absolute atomic E-state index is 0.0139. The van der Waals surface area contributed by atoms with Crippen LogP contribution in [0.25, 0.3) is 11.8 Å². The molecule has 1 atom stereocenters. The summed E-state index contributed by atoms with van der Waals surface area (Å²) in [5.74, 6) is -0.716. The summed E-state index contributed by atoms with van der Waals surface area (Å²) in [7, 11) is 1.33. The fourth-order valence-corrected chi connectivity index (χ4v) is 4.73. The Balaban J connectivity index is 1.76. The number of ether oxygens (including phenoxy) is 2. The number of esters is 1. The topological polar surface area (TPSA) is 60.8 Å². The molecule has 3 heterocycles. The molecule has 1 saturated heterocycles. The van der Waals surface area contributed by atoms with E-state index >= 15 is 0 Å². The van der Waals surface area contributed by atoms with E-state index in [1.54, 1.807) is 17.9 Å². The minimum atomic E-state index is -0.513. The Morgan fingerprint density at radius 2 is 2.06 bits per heavy atom. The highest BCUT2D eigenvalue weighted by atomic mass is 35.5. The van der Waals surface area contributed by atoms with Crippen LogP contribution in [0.2, 0.25) is 5.02 Å². The molecule has 0 radical (unpaired) electrons. The van der Waals surface area contributed by atoms with E-state index < -0.39 is 5.97 Å². The summed E-state index contributed by atoms with van der Waals surface area (Å²) in [6.07, 6.45) is 3.67. The Labute approximate surface area is 193 Å². The van der Waals surface area contributed by atoms with Gasteiger partial charge < -0.3 is 18.9 Å². The molecule has 2 aliphatic heterocycles. The fourth-order valence-electron chi connectivity index (χ4n) is 4.54. The van der Waals surface area contributed by atoms with Gasteiger partial charge in [-0.05, 0) is 69.5 Å². The number of aryl methyl sites for hydroxylation is 1. The third-order valence-electron chi connectivity index (χ3n) is 6.15. The molecule has 1 aromatic heterocycles. The third-order valence-corrected chi connectivity index (χ3v) is 6.38. The quantitative estimate of drug-likeness (QED) is 0.489. The van der Waals surface area contributed by atoms with Gasteiger partial charge in [-0.1, -0.05) is 17.7 Å². The molecule has 2 aliphatic rings. The van der Waals surface area contributed by atoms with Crippen molar-refractivity contribution in [2.24, 2.45) is 0 Å². The van der Waals surface area contributed by atoms with Gasteiger partial charge in [-0.25, -0.2) is 4.79 Å². The normalized spacial score (nSPS) is 20.0. The van der Waals surface area contributed by atoms with E-state index in [9.17, 15) is 9.59 Å². The highest BCUT2D eigenvalue weighted by Gasteiger charge is 2.38. The van der Waals surface area contributed by atoms with Gasteiger partial charge in [-0.3, -0.25) is 4.79 Å². The monoisotopic (exact) mass is 454 g/mol. The van der Waals surface area contributed by atoms with Crippen molar-refractivity contribution >= 4 is 29.6 Å². The second kappa shape index (κ2) is 8.96. The summed E-state index contributed by atoms with van der Waals surface area (Å²) in [5, 5.41) is 0.650. The van der Waals surface area contributed by atoms with E-state index in [-0.39, 0.29) is 12.0 Å². The summed E-state index contributed by atoms with van der Waals surface area (Å²) in [6, 6.07) is 9.62. The van der Waals surface area contributed by atoms with Gasteiger partial charge in [0.15, 0.2) is 0 Å². The van der Waals surface area contributed by atoms with Crippen LogP contribution in [-0.2, 0) is 19.1 Å². The lowest BCUT2D eigenvalue weighted by atomic mass is 10.0. The Bertz CT molecular complexity index is 1140. The van der Waals surface area contributed by atoms with Crippen molar-refractivity contribution < 1.29 is 19.1 Å². The fraction of sp³-hybridized carbons (Fsp3) is 0.360. The second-order valence-electron chi connectivity index (χ2n) is 8.20. The Kier molecular flexibility index (Phi) is 6.26. The predicted molar refractivity (Wildman–Crippen MR) is 124 cm³/mol. The molecule has 2 aromatic rings. The van der Waals surface area contributed by atoms with E-state index in [1.165, 1.54) is 7.11 Å². The van der Waals surface area contributed by atoms with Gasteiger partial charge in [0.25, 0.3) is 5.91 Å². The number of halogens is 1. The molecule has 7 heteroatoms. The van der Waals surface area contributed by atoms with Crippen LogP contribution in [0.1, 0.15) is 36.7 Å². The summed E-state index contributed by atoms with van der Waals surface area (Å²) in [5.41, 5.74) is 5.01. The van der Waals surface area contributed by atoms with E-state index in [0.29, 0.717) is 35.0 Å². The number of hydrogen-bond acceptors (Lipinski definition) is 4. The Hall–Kier alpha value is -2.83. The molecule has 1 fully saturated rings. The Morgan fingerprint density at radius 3 is 2.72 bits per heavy atom. The van der Waals surface area contributed by atoms with Crippen molar-refractivity contribution in [3.63, 3.8) is 0 Å². The van der Waals surface area contributed by atoms with Gasteiger partial charge in [0.05, 0.1) is 30.9 Å². The average Bonchev–Trinajstić information content (AvgIpc) is 3.43. The number of carbonyl (C=O) groups excluding carboxylic acids is 2. The van der Waals surface area contributed by atoms with Gasteiger partial charge in [-0.2, -0.15) is 0 Å². The van der Waals surface area contributed by atoms with Gasteiger partial charge in [0.2, 0.25) is 0 Å². The van der Waals surface area contributed by atoms with E-state index in [0.717, 1.165) is 35.5 Å². The highest BCUT2D eigenvalue weighted by Crippen LogP contribution is 2.34. The first-order chi connectivity index (χ1) is 15.3. The number of amides is 1. The molecule has 0 spiro atoms. The van der Waals surface area contributed by atoms with Crippen molar-refractivity contribution in [3.8, 4) is 5.69 Å². The van der Waals surface area contributed by atoms with E-state index in [2.05, 4.69) is 4.57 Å². The molecular formula is C25H27ClN2O4. The maximum Gasteiger partial charge on any atom is 0.340 e. The van der Waals surface area contributed by atoms with Gasteiger partial charge in [-0.15, -0.1) is 0 Å². The molecular weight excluding hydrogens is 428 g/mol. The lowest BCUT2D eigenvalue weighted by Crippen LogP contribution is -2.33. The molecule has 0 bridgehead atoms. The molecule has 0 unspecified atom stereocenters. The summed E-state index contributed by atoms with van der Waals surface area (Å²) in [4.78, 5) is 27.6. The van der Waals surface area contributed by atoms with E-state index in [4.69, 9.17) is 21.1 Å². The number of benzene rings is 1. The molecule has 32 heavy (non-hydrogen) atoms. The predicted octanol–water partition coefficient (Wildman–Crippen LogP) is 4.60. The van der Waals surface area contributed by atoms with Crippen LogP contribution < -0.4 is 0 Å². The smallest absolute Gasteiger partial charge is 0.340 e. The molecule has 168 valence electrons. The molecule has 0 saturated carbocycles. The van der Waals surface area contributed by atoms with Crippen LogP contribution in [0.5, 0.6) is 0 Å². The van der Waals surface area contributed by atoms with Crippen LogP contribution in [0, 0.1) is 13.8 Å². The number of nitrogens with zero attached hydrogens (tertiary/aromatic N) is 2. The number of allylic oxidation sites excluding steroid dienone is 1. The third kappa shape index (κ3) is 4.00. The zero-order chi connectivity index (χ0) is 23.0. The number of methoxy groups -OCH3 is 1. The first kappa shape index (κ1) is 22.4. The maximum absolute atomic E-state index is 13.4. The van der Waals surface area contributed by atoms with Crippen LogP contribution >= 0.6 is 11.6 Å². The largest absolute Gasteiger partial charge is 0.465 e. The average molecular weight is 455 g/mol. The van der Waals surface area contributed by atoms with Gasteiger partial charge >= 0.3 is 5.97 Å². The number of carbonyl (C=O) groups is 2. The molecule has 0 aliphatic carbocycles. The maximum atomic E-state index is 13.4. The first-order valence-electron chi connectivity index (χ1n) is 10.7. The van der Waals surface area contributed by atoms with Gasteiger partial charge in [0.1, 0.15) is 0 Å². The zero-order valence-electron chi connectivity index (χ0n) is 18.8. The molecule has 1 aromatic carbocycles. The highest BCUT2D eigenvalue weighted by molar-refractivity contribution is 6.30. The van der Waals surface area contributed by atoms with Crippen molar-refractivity contribution in [1.29, 1.82) is 0 Å². The Morgan fingerprint density at radius 1 is 1.28 bits per heavy atom. The number of aromatic nitrogens is 1. The molecule has 0 N–H and O–H groups in total. The summed E-state index contributed by atoms with van der Waals surface area (Å²) >= 11 is 6.19. The van der Waals surface area contributed by atoms with Crippen molar-refractivity contribution in [2.75, 3.05) is 20.3 Å². The van der Waals surface area contributed by atoms with Crippen LogP contribution in [0.3, 0.4) is 0 Å². The standard InChI is InChI=1S/C25H27ClN2O4/c1-15-11-18(16(2)28(15)20-8-5-7-19(26)13-20)12-22-23(25(30)31-4)17(3)27(24(22)29)14-21-9-6-10-32-21/h5,7-8,11-13,21H,6,9-10,14H2,1-4H3/b22-12-/t21-/m1/s1. The van der Waals surface area contributed by atoms with Crippen molar-refractivity contribution in [2.45, 2.75) is 39.7 Å². The second-order valence-corrected chi connectivity index (χ2v) is 8.64. The zero-order valence-corrected chi connectivity index (χ0v) is 19.5. The minimum Gasteiger partial charge on any atom is -0.465 e.